The third-order valence-electron chi connectivity index (χ3n) is 6.20. The van der Waals surface area contributed by atoms with Gasteiger partial charge in [-0.25, -0.2) is 9.37 Å². The highest BCUT2D eigenvalue weighted by atomic mass is 32.1. The Morgan fingerprint density at radius 3 is 2.70 bits per heavy atom. The quantitative estimate of drug-likeness (QED) is 0.204. The van der Waals surface area contributed by atoms with Crippen LogP contribution >= 0.6 is 11.3 Å². The predicted octanol–water partition coefficient (Wildman–Crippen LogP) is 6.21. The zero-order chi connectivity index (χ0) is 25.7. The summed E-state index contributed by atoms with van der Waals surface area (Å²) >= 11 is 1.64. The largest absolute Gasteiger partial charge is 0.373 e. The number of halogens is 1. The van der Waals surface area contributed by atoms with E-state index in [4.69, 9.17) is 4.98 Å². The van der Waals surface area contributed by atoms with Crippen LogP contribution in [0.4, 0.5) is 10.1 Å². The molecule has 6 aromatic rings. The van der Waals surface area contributed by atoms with Crippen LogP contribution in [0.15, 0.2) is 60.4 Å². The van der Waals surface area contributed by atoms with Gasteiger partial charge in [-0.05, 0) is 23.6 Å². The standard InChI is InChI=1S/C27H24FN7OS/c1-27(2,3)26(36)31-15-10-14(11-29-12-15)22-21(28)20-18(13-30-22)34-35-24(20)25-32-17-7-4-6-16(23(17)33-25)19-8-5-9-37-19/h4-13,26,31,36H,1-3H3,(H,32,33)(H,34,35). The average molecular weight is 514 g/mol. The summed E-state index contributed by atoms with van der Waals surface area (Å²) in [4.78, 5) is 17.8. The van der Waals surface area contributed by atoms with E-state index in [2.05, 4.69) is 30.5 Å². The summed E-state index contributed by atoms with van der Waals surface area (Å²) in [6.45, 7) is 5.75. The Bertz CT molecular complexity index is 1730. The molecule has 0 aliphatic heterocycles. The van der Waals surface area contributed by atoms with Gasteiger partial charge < -0.3 is 15.4 Å². The number of hydrogen-bond acceptors (Lipinski definition) is 7. The van der Waals surface area contributed by atoms with Gasteiger partial charge in [-0.3, -0.25) is 15.1 Å². The minimum Gasteiger partial charge on any atom is -0.373 e. The number of para-hydroxylation sites is 1. The second-order valence-electron chi connectivity index (χ2n) is 9.92. The molecule has 5 heterocycles. The van der Waals surface area contributed by atoms with Crippen LogP contribution in [0.5, 0.6) is 0 Å². The highest BCUT2D eigenvalue weighted by Gasteiger charge is 2.23. The molecule has 6 rings (SSSR count). The van der Waals surface area contributed by atoms with Crippen molar-refractivity contribution in [2.45, 2.75) is 27.0 Å². The van der Waals surface area contributed by atoms with E-state index in [1.54, 1.807) is 36.0 Å². The van der Waals surface area contributed by atoms with Crippen molar-refractivity contribution in [2.24, 2.45) is 5.41 Å². The van der Waals surface area contributed by atoms with Crippen molar-refractivity contribution in [1.29, 1.82) is 0 Å². The first-order chi connectivity index (χ1) is 17.8. The number of benzene rings is 1. The lowest BCUT2D eigenvalue weighted by Crippen LogP contribution is -2.33. The summed E-state index contributed by atoms with van der Waals surface area (Å²) in [5.74, 6) is -0.0707. The molecule has 0 radical (unpaired) electrons. The molecule has 1 unspecified atom stereocenters. The van der Waals surface area contributed by atoms with Crippen LogP contribution in [0.1, 0.15) is 20.8 Å². The SMILES string of the molecule is CC(C)(C)C(O)Nc1cncc(-c2ncc3[nH]nc(-c4nc5c(-c6cccs6)cccc5[nH]4)c3c2F)c1. The zero-order valence-corrected chi connectivity index (χ0v) is 21.2. The normalized spacial score (nSPS) is 12.9. The second-order valence-corrected chi connectivity index (χ2v) is 10.9. The molecule has 0 amide bonds. The van der Waals surface area contributed by atoms with E-state index < -0.39 is 12.0 Å². The maximum Gasteiger partial charge on any atom is 0.161 e. The third kappa shape index (κ3) is 4.13. The smallest absolute Gasteiger partial charge is 0.161 e. The fourth-order valence-electron chi connectivity index (χ4n) is 4.15. The number of pyridine rings is 2. The van der Waals surface area contributed by atoms with E-state index in [0.717, 1.165) is 21.5 Å². The number of aliphatic hydroxyl groups excluding tert-OH is 1. The number of H-pyrrole nitrogens is 2. The lowest BCUT2D eigenvalue weighted by Gasteiger charge is -2.27. The molecule has 0 fully saturated rings. The van der Waals surface area contributed by atoms with Crippen molar-refractivity contribution in [2.75, 3.05) is 5.32 Å². The summed E-state index contributed by atoms with van der Waals surface area (Å²) in [7, 11) is 0. The molecular weight excluding hydrogens is 489 g/mol. The molecule has 0 saturated carbocycles. The van der Waals surface area contributed by atoms with Crippen LogP contribution in [0.2, 0.25) is 0 Å². The number of aromatic nitrogens is 6. The summed E-state index contributed by atoms with van der Waals surface area (Å²) in [6, 6.07) is 11.7. The average Bonchev–Trinajstić information content (AvgIpc) is 3.63. The van der Waals surface area contributed by atoms with Gasteiger partial charge in [-0.2, -0.15) is 5.10 Å². The summed E-state index contributed by atoms with van der Waals surface area (Å²) < 4.78 is 16.0. The van der Waals surface area contributed by atoms with Gasteiger partial charge in [0, 0.05) is 27.6 Å². The summed E-state index contributed by atoms with van der Waals surface area (Å²) in [5.41, 5.74) is 4.25. The first kappa shape index (κ1) is 23.3. The molecule has 0 aliphatic rings. The fourth-order valence-corrected chi connectivity index (χ4v) is 4.90. The van der Waals surface area contributed by atoms with Crippen LogP contribution in [-0.4, -0.2) is 41.5 Å². The highest BCUT2D eigenvalue weighted by Crippen LogP contribution is 2.35. The second kappa shape index (κ2) is 8.75. The minimum atomic E-state index is -0.808. The van der Waals surface area contributed by atoms with Crippen LogP contribution in [0, 0.1) is 11.2 Å². The van der Waals surface area contributed by atoms with E-state index in [1.165, 1.54) is 0 Å². The maximum atomic E-state index is 16.0. The fraction of sp³-hybridized carbons (Fsp3) is 0.185. The van der Waals surface area contributed by atoms with Crippen molar-refractivity contribution < 1.29 is 9.50 Å². The summed E-state index contributed by atoms with van der Waals surface area (Å²) in [6.07, 6.45) is 3.86. The van der Waals surface area contributed by atoms with Gasteiger partial charge in [-0.1, -0.05) is 39.0 Å². The molecule has 37 heavy (non-hydrogen) atoms. The van der Waals surface area contributed by atoms with Crippen LogP contribution in [0.25, 0.3) is 55.2 Å². The molecule has 0 spiro atoms. The van der Waals surface area contributed by atoms with Crippen molar-refractivity contribution in [3.05, 3.63) is 66.2 Å². The van der Waals surface area contributed by atoms with E-state index in [1.807, 2.05) is 56.5 Å². The Morgan fingerprint density at radius 2 is 1.92 bits per heavy atom. The van der Waals surface area contributed by atoms with Crippen LogP contribution in [-0.2, 0) is 0 Å². The molecule has 10 heteroatoms. The highest BCUT2D eigenvalue weighted by molar-refractivity contribution is 7.13. The van der Waals surface area contributed by atoms with Gasteiger partial charge in [0.2, 0.25) is 0 Å². The van der Waals surface area contributed by atoms with Crippen molar-refractivity contribution >= 4 is 39.0 Å². The molecule has 1 atom stereocenters. The topological polar surface area (TPSA) is 115 Å². The Kier molecular flexibility index (Phi) is 5.50. The number of imidazole rings is 1. The number of fused-ring (bicyclic) bond motifs is 2. The number of aromatic amines is 2. The van der Waals surface area contributed by atoms with Gasteiger partial charge in [-0.15, -0.1) is 11.3 Å². The molecule has 0 bridgehead atoms. The minimum absolute atomic E-state index is 0.131. The lowest BCUT2D eigenvalue weighted by atomic mass is 9.94. The molecule has 5 aromatic heterocycles. The molecular formula is C27H24FN7OS. The third-order valence-corrected chi connectivity index (χ3v) is 7.11. The molecule has 186 valence electrons. The van der Waals surface area contributed by atoms with Crippen molar-refractivity contribution in [3.63, 3.8) is 0 Å². The Morgan fingerprint density at radius 1 is 1.05 bits per heavy atom. The summed E-state index contributed by atoms with van der Waals surface area (Å²) in [5, 5.41) is 23.0. The van der Waals surface area contributed by atoms with Crippen molar-refractivity contribution in [1.82, 2.24) is 30.1 Å². The van der Waals surface area contributed by atoms with Gasteiger partial charge in [0.15, 0.2) is 11.6 Å². The molecule has 0 aliphatic carbocycles. The molecule has 0 saturated heterocycles. The van der Waals surface area contributed by atoms with Crippen LogP contribution < -0.4 is 5.32 Å². The van der Waals surface area contributed by atoms with E-state index in [0.29, 0.717) is 28.3 Å². The first-order valence-electron chi connectivity index (χ1n) is 11.7. The predicted molar refractivity (Wildman–Crippen MR) is 145 cm³/mol. The number of nitrogens with one attached hydrogen (secondary N) is 3. The monoisotopic (exact) mass is 513 g/mol. The number of nitrogens with zero attached hydrogens (tertiary/aromatic N) is 4. The van der Waals surface area contributed by atoms with Gasteiger partial charge in [0.05, 0.1) is 40.0 Å². The molecule has 8 nitrogen and oxygen atoms in total. The first-order valence-corrected chi connectivity index (χ1v) is 12.6. The number of aliphatic hydroxyl groups is 1. The van der Waals surface area contributed by atoms with Crippen molar-refractivity contribution in [3.8, 4) is 33.2 Å². The van der Waals surface area contributed by atoms with E-state index in [-0.39, 0.29) is 16.5 Å². The number of anilines is 1. The number of hydrogen-bond donors (Lipinski definition) is 4. The Labute approximate surface area is 215 Å². The lowest BCUT2D eigenvalue weighted by molar-refractivity contribution is 0.0880. The van der Waals surface area contributed by atoms with Gasteiger partial charge in [0.1, 0.15) is 17.6 Å². The number of rotatable bonds is 5. The number of thiophene rings is 1. The van der Waals surface area contributed by atoms with Gasteiger partial charge in [0.25, 0.3) is 0 Å². The molecule has 1 aromatic carbocycles. The molecule has 4 N–H and O–H groups in total. The van der Waals surface area contributed by atoms with E-state index >= 15 is 4.39 Å². The van der Waals surface area contributed by atoms with Gasteiger partial charge >= 0.3 is 0 Å². The maximum absolute atomic E-state index is 16.0. The Balaban J connectivity index is 1.44. The zero-order valence-electron chi connectivity index (χ0n) is 20.4. The van der Waals surface area contributed by atoms with Crippen LogP contribution in [0.3, 0.4) is 0 Å². The van der Waals surface area contributed by atoms with E-state index in [9.17, 15) is 5.11 Å². The Hall–Kier alpha value is -4.15.